The number of rotatable bonds is 5. The number of halogens is 3. The summed E-state index contributed by atoms with van der Waals surface area (Å²) in [5.74, 6) is -1.88. The zero-order chi connectivity index (χ0) is 16.8. The normalized spacial score (nSPS) is 10.2. The zero-order valence-electron chi connectivity index (χ0n) is 11.9. The van der Waals surface area contributed by atoms with Gasteiger partial charge in [0, 0.05) is 11.6 Å². The van der Waals surface area contributed by atoms with E-state index in [2.05, 4.69) is 10.6 Å². The first-order valence-corrected chi connectivity index (χ1v) is 7.46. The molecule has 2 aromatic carbocycles. The third-order valence-electron chi connectivity index (χ3n) is 3.00. The highest BCUT2D eigenvalue weighted by atomic mass is 35.5. The van der Waals surface area contributed by atoms with Crippen LogP contribution in [0.2, 0.25) is 10.0 Å². The second-order valence-electron chi connectivity index (χ2n) is 4.68. The zero-order valence-corrected chi connectivity index (χ0v) is 13.4. The number of hydrogen-bond acceptors (Lipinski definition) is 2. The number of hydrogen-bond donors (Lipinski definition) is 2. The summed E-state index contributed by atoms with van der Waals surface area (Å²) in [7, 11) is 0. The SMILES string of the molecule is O=C(CNC(=O)c1c(F)cccc1Cl)NCc1ccc(Cl)cc1. The summed E-state index contributed by atoms with van der Waals surface area (Å²) in [5, 5.41) is 5.56. The van der Waals surface area contributed by atoms with E-state index in [-0.39, 0.29) is 17.1 Å². The number of benzene rings is 2. The maximum Gasteiger partial charge on any atom is 0.256 e. The molecule has 0 aliphatic carbocycles. The number of nitrogens with one attached hydrogen (secondary N) is 2. The molecule has 0 atom stereocenters. The standard InChI is InChI=1S/C16H13Cl2FN2O2/c17-11-6-4-10(5-7-11)8-20-14(22)9-21-16(23)15-12(18)2-1-3-13(15)19/h1-7H,8-9H2,(H,20,22)(H,21,23). The maximum atomic E-state index is 13.6. The third kappa shape index (κ3) is 4.94. The smallest absolute Gasteiger partial charge is 0.256 e. The van der Waals surface area contributed by atoms with E-state index in [1.165, 1.54) is 12.1 Å². The Labute approximate surface area is 142 Å². The predicted octanol–water partition coefficient (Wildman–Crippen LogP) is 3.18. The molecule has 0 saturated heterocycles. The van der Waals surface area contributed by atoms with Gasteiger partial charge in [0.1, 0.15) is 5.82 Å². The van der Waals surface area contributed by atoms with Crippen LogP contribution in [-0.2, 0) is 11.3 Å². The van der Waals surface area contributed by atoms with Crippen LogP contribution in [-0.4, -0.2) is 18.4 Å². The summed E-state index contributed by atoms with van der Waals surface area (Å²) in [6, 6.07) is 10.9. The van der Waals surface area contributed by atoms with Crippen molar-refractivity contribution < 1.29 is 14.0 Å². The first-order chi connectivity index (χ1) is 11.0. The van der Waals surface area contributed by atoms with E-state index in [4.69, 9.17) is 23.2 Å². The molecule has 0 unspecified atom stereocenters. The molecule has 2 N–H and O–H groups in total. The summed E-state index contributed by atoms with van der Waals surface area (Å²) in [6.07, 6.45) is 0. The molecule has 0 spiro atoms. The molecule has 2 aromatic rings. The Balaban J connectivity index is 1.84. The van der Waals surface area contributed by atoms with E-state index in [9.17, 15) is 14.0 Å². The Morgan fingerprint density at radius 3 is 2.35 bits per heavy atom. The summed E-state index contributed by atoms with van der Waals surface area (Å²) >= 11 is 11.5. The Hall–Kier alpha value is -2.11. The minimum Gasteiger partial charge on any atom is -0.350 e. The van der Waals surface area contributed by atoms with Crippen molar-refractivity contribution in [2.45, 2.75) is 6.54 Å². The van der Waals surface area contributed by atoms with E-state index in [0.717, 1.165) is 11.6 Å². The Bertz CT molecular complexity index is 700. The van der Waals surface area contributed by atoms with Crippen molar-refractivity contribution in [3.05, 3.63) is 69.5 Å². The summed E-state index contributed by atoms with van der Waals surface area (Å²) < 4.78 is 13.6. The second kappa shape index (κ2) is 7.94. The maximum absolute atomic E-state index is 13.6. The fourth-order valence-corrected chi connectivity index (χ4v) is 2.20. The van der Waals surface area contributed by atoms with Gasteiger partial charge in [0.2, 0.25) is 5.91 Å². The Morgan fingerprint density at radius 1 is 1.00 bits per heavy atom. The Kier molecular flexibility index (Phi) is 5.96. The van der Waals surface area contributed by atoms with Crippen LogP contribution in [0.5, 0.6) is 0 Å². The average Bonchev–Trinajstić information content (AvgIpc) is 2.52. The van der Waals surface area contributed by atoms with Gasteiger partial charge in [-0.3, -0.25) is 9.59 Å². The van der Waals surface area contributed by atoms with Gasteiger partial charge in [-0.2, -0.15) is 0 Å². The van der Waals surface area contributed by atoms with Crippen LogP contribution in [0, 0.1) is 5.82 Å². The lowest BCUT2D eigenvalue weighted by Crippen LogP contribution is -2.37. The fourth-order valence-electron chi connectivity index (χ4n) is 1.83. The van der Waals surface area contributed by atoms with Gasteiger partial charge in [-0.15, -0.1) is 0 Å². The van der Waals surface area contributed by atoms with Crippen LogP contribution in [0.25, 0.3) is 0 Å². The van der Waals surface area contributed by atoms with Crippen molar-refractivity contribution >= 4 is 35.0 Å². The first kappa shape index (κ1) is 17.2. The highest BCUT2D eigenvalue weighted by molar-refractivity contribution is 6.33. The van der Waals surface area contributed by atoms with E-state index in [1.807, 2.05) is 0 Å². The van der Waals surface area contributed by atoms with E-state index >= 15 is 0 Å². The van der Waals surface area contributed by atoms with E-state index < -0.39 is 17.6 Å². The highest BCUT2D eigenvalue weighted by Gasteiger charge is 2.16. The van der Waals surface area contributed by atoms with Crippen LogP contribution >= 0.6 is 23.2 Å². The van der Waals surface area contributed by atoms with Crippen molar-refractivity contribution in [2.75, 3.05) is 6.54 Å². The lowest BCUT2D eigenvalue weighted by atomic mass is 10.2. The lowest BCUT2D eigenvalue weighted by Gasteiger charge is -2.08. The lowest BCUT2D eigenvalue weighted by molar-refractivity contribution is -0.120. The topological polar surface area (TPSA) is 58.2 Å². The Morgan fingerprint density at radius 2 is 1.70 bits per heavy atom. The van der Waals surface area contributed by atoms with Gasteiger partial charge in [-0.25, -0.2) is 4.39 Å². The summed E-state index contributed by atoms with van der Waals surface area (Å²) in [5.41, 5.74) is 0.589. The molecule has 7 heteroatoms. The largest absolute Gasteiger partial charge is 0.350 e. The highest BCUT2D eigenvalue weighted by Crippen LogP contribution is 2.18. The average molecular weight is 355 g/mol. The minimum absolute atomic E-state index is 0.0101. The number of carbonyl (C=O) groups excluding carboxylic acids is 2. The molecule has 0 bridgehead atoms. The molecule has 0 aromatic heterocycles. The monoisotopic (exact) mass is 354 g/mol. The van der Waals surface area contributed by atoms with Gasteiger partial charge < -0.3 is 10.6 Å². The molecule has 0 radical (unpaired) electrons. The van der Waals surface area contributed by atoms with Gasteiger partial charge in [-0.05, 0) is 29.8 Å². The molecule has 0 aliphatic rings. The molecule has 0 aliphatic heterocycles. The molecular weight excluding hydrogens is 342 g/mol. The molecule has 0 saturated carbocycles. The van der Waals surface area contributed by atoms with E-state index in [1.54, 1.807) is 24.3 Å². The van der Waals surface area contributed by atoms with Crippen molar-refractivity contribution in [1.29, 1.82) is 0 Å². The van der Waals surface area contributed by atoms with Crippen molar-refractivity contribution in [1.82, 2.24) is 10.6 Å². The van der Waals surface area contributed by atoms with Crippen molar-refractivity contribution in [3.8, 4) is 0 Å². The predicted molar refractivity (Wildman–Crippen MR) is 87.0 cm³/mol. The third-order valence-corrected chi connectivity index (χ3v) is 3.57. The molecule has 23 heavy (non-hydrogen) atoms. The quantitative estimate of drug-likeness (QED) is 0.866. The molecule has 0 fully saturated rings. The van der Waals surface area contributed by atoms with Gasteiger partial charge in [0.15, 0.2) is 0 Å². The molecular formula is C16H13Cl2FN2O2. The molecule has 0 heterocycles. The molecule has 2 amide bonds. The summed E-state index contributed by atoms with van der Waals surface area (Å²) in [6.45, 7) is 0.0173. The second-order valence-corrected chi connectivity index (χ2v) is 5.53. The van der Waals surface area contributed by atoms with Gasteiger partial charge >= 0.3 is 0 Å². The van der Waals surface area contributed by atoms with E-state index in [0.29, 0.717) is 11.6 Å². The van der Waals surface area contributed by atoms with Gasteiger partial charge in [-0.1, -0.05) is 41.4 Å². The molecule has 4 nitrogen and oxygen atoms in total. The molecule has 2 rings (SSSR count). The fraction of sp³-hybridized carbons (Fsp3) is 0.125. The van der Waals surface area contributed by atoms with Crippen LogP contribution < -0.4 is 10.6 Å². The summed E-state index contributed by atoms with van der Waals surface area (Å²) in [4.78, 5) is 23.6. The van der Waals surface area contributed by atoms with Crippen LogP contribution in [0.3, 0.4) is 0 Å². The van der Waals surface area contributed by atoms with Crippen molar-refractivity contribution in [3.63, 3.8) is 0 Å². The van der Waals surface area contributed by atoms with Crippen LogP contribution in [0.1, 0.15) is 15.9 Å². The van der Waals surface area contributed by atoms with Crippen LogP contribution in [0.15, 0.2) is 42.5 Å². The van der Waals surface area contributed by atoms with Crippen LogP contribution in [0.4, 0.5) is 4.39 Å². The number of amides is 2. The number of carbonyl (C=O) groups is 2. The van der Waals surface area contributed by atoms with Crippen molar-refractivity contribution in [2.24, 2.45) is 0 Å². The minimum atomic E-state index is -0.741. The van der Waals surface area contributed by atoms with Gasteiger partial charge in [0.25, 0.3) is 5.91 Å². The molecule has 120 valence electrons. The first-order valence-electron chi connectivity index (χ1n) is 6.70. The van der Waals surface area contributed by atoms with Gasteiger partial charge in [0.05, 0.1) is 17.1 Å².